The first kappa shape index (κ1) is 23.2. The Morgan fingerprint density at radius 1 is 0.967 bits per heavy atom. The molecule has 0 saturated heterocycles. The minimum absolute atomic E-state index is 0.361. The van der Waals surface area contributed by atoms with E-state index >= 15 is 17.6 Å². The number of halogens is 10. The topological polar surface area (TPSA) is 0 Å². The Morgan fingerprint density at radius 3 is 2.00 bits per heavy atom. The van der Waals surface area contributed by atoms with Crippen molar-refractivity contribution in [2.75, 3.05) is 0 Å². The van der Waals surface area contributed by atoms with Crippen molar-refractivity contribution in [3.63, 3.8) is 0 Å². The quantitative estimate of drug-likeness (QED) is 0.306. The summed E-state index contributed by atoms with van der Waals surface area (Å²) in [5.74, 6) is -11.6. The molecule has 1 fully saturated rings. The summed E-state index contributed by atoms with van der Waals surface area (Å²) >= 11 is 0. The standard InChI is InChI=1S/C20H20F10/c1-16(21)14(10-3-6-12(7-4-10)19(25,26)27)15(18(23,24)17(16,2)22)11-5-8-13(9-11)20(28,29)30/h3,6-7,9-10,13-15H,4-5,8H2,1-2H3/t10?,13?,14?,15?,16?,17-/m0/s1. The lowest BCUT2D eigenvalue weighted by atomic mass is 9.71. The minimum Gasteiger partial charge on any atom is -0.240 e. The van der Waals surface area contributed by atoms with Crippen molar-refractivity contribution in [1.82, 2.24) is 0 Å². The molecule has 0 aromatic heterocycles. The summed E-state index contributed by atoms with van der Waals surface area (Å²) in [4.78, 5) is 0. The zero-order chi connectivity index (χ0) is 22.9. The van der Waals surface area contributed by atoms with Crippen LogP contribution in [0.2, 0.25) is 0 Å². The summed E-state index contributed by atoms with van der Waals surface area (Å²) < 4.78 is 138. The van der Waals surface area contributed by atoms with Gasteiger partial charge in [0.1, 0.15) is 0 Å². The second-order valence-electron chi connectivity index (χ2n) is 8.55. The summed E-state index contributed by atoms with van der Waals surface area (Å²) in [5, 5.41) is 0. The maximum atomic E-state index is 15.5. The highest BCUT2D eigenvalue weighted by molar-refractivity contribution is 5.35. The van der Waals surface area contributed by atoms with Gasteiger partial charge < -0.3 is 0 Å². The summed E-state index contributed by atoms with van der Waals surface area (Å²) in [6, 6.07) is 0. The van der Waals surface area contributed by atoms with Gasteiger partial charge in [-0.05, 0) is 39.0 Å². The van der Waals surface area contributed by atoms with Gasteiger partial charge in [0.05, 0.1) is 17.4 Å². The average Bonchev–Trinajstić information content (AvgIpc) is 3.10. The molecular weight excluding hydrogens is 430 g/mol. The highest BCUT2D eigenvalue weighted by Gasteiger charge is 2.78. The first-order chi connectivity index (χ1) is 13.4. The molecule has 0 aromatic carbocycles. The highest BCUT2D eigenvalue weighted by atomic mass is 19.4. The molecule has 3 aliphatic carbocycles. The van der Waals surface area contributed by atoms with Crippen molar-refractivity contribution in [3.05, 3.63) is 35.5 Å². The van der Waals surface area contributed by atoms with Crippen LogP contribution in [0.25, 0.3) is 0 Å². The Hall–Kier alpha value is -1.48. The van der Waals surface area contributed by atoms with E-state index in [1.54, 1.807) is 0 Å². The molecule has 0 spiro atoms. The molecule has 0 bridgehead atoms. The van der Waals surface area contributed by atoms with E-state index in [9.17, 15) is 26.3 Å². The molecule has 3 aliphatic rings. The lowest BCUT2D eigenvalue weighted by Gasteiger charge is -2.36. The molecule has 1 saturated carbocycles. The van der Waals surface area contributed by atoms with Crippen LogP contribution in [0.15, 0.2) is 35.5 Å². The second kappa shape index (κ2) is 6.76. The molecular formula is C20H20F10. The van der Waals surface area contributed by atoms with E-state index in [0.29, 0.717) is 32.1 Å². The van der Waals surface area contributed by atoms with Crippen molar-refractivity contribution in [1.29, 1.82) is 0 Å². The summed E-state index contributed by atoms with van der Waals surface area (Å²) in [5.41, 5.74) is -8.33. The van der Waals surface area contributed by atoms with Crippen LogP contribution in [-0.2, 0) is 0 Å². The fraction of sp³-hybridized carbons (Fsp3) is 0.700. The Labute approximate surface area is 166 Å². The highest BCUT2D eigenvalue weighted by Crippen LogP contribution is 2.66. The molecule has 5 unspecified atom stereocenters. The van der Waals surface area contributed by atoms with Crippen molar-refractivity contribution in [2.45, 2.75) is 62.7 Å². The van der Waals surface area contributed by atoms with E-state index < -0.39 is 83.7 Å². The van der Waals surface area contributed by atoms with Crippen LogP contribution in [0.5, 0.6) is 0 Å². The van der Waals surface area contributed by atoms with Crippen molar-refractivity contribution < 1.29 is 43.9 Å². The smallest absolute Gasteiger partial charge is 0.240 e. The monoisotopic (exact) mass is 450 g/mol. The average molecular weight is 450 g/mol. The predicted octanol–water partition coefficient (Wildman–Crippen LogP) is 7.29. The van der Waals surface area contributed by atoms with Gasteiger partial charge in [-0.25, -0.2) is 17.6 Å². The second-order valence-corrected chi connectivity index (χ2v) is 8.55. The molecule has 0 aliphatic heterocycles. The van der Waals surface area contributed by atoms with Crippen molar-refractivity contribution in [2.24, 2.45) is 23.7 Å². The third-order valence-electron chi connectivity index (χ3n) is 6.82. The SMILES string of the molecule is CC1(F)C(C2C=CC(C(F)(F)F)=CC2)C(C2=CC(C(F)(F)F)CC2)C(F)(F)[C@@]1(C)F. The number of allylic oxidation sites excluding steroid dienone is 6. The van der Waals surface area contributed by atoms with E-state index in [0.717, 1.165) is 6.08 Å². The van der Waals surface area contributed by atoms with Gasteiger partial charge in [0, 0.05) is 5.92 Å². The third-order valence-corrected chi connectivity index (χ3v) is 6.82. The van der Waals surface area contributed by atoms with Crippen LogP contribution in [0.4, 0.5) is 43.9 Å². The fourth-order valence-corrected chi connectivity index (χ4v) is 4.96. The van der Waals surface area contributed by atoms with Gasteiger partial charge in [-0.2, -0.15) is 26.3 Å². The Morgan fingerprint density at radius 2 is 1.57 bits per heavy atom. The van der Waals surface area contributed by atoms with Crippen LogP contribution in [0.1, 0.15) is 33.1 Å². The van der Waals surface area contributed by atoms with Crippen LogP contribution in [0.3, 0.4) is 0 Å². The van der Waals surface area contributed by atoms with Gasteiger partial charge in [0.15, 0.2) is 5.67 Å². The lowest BCUT2D eigenvalue weighted by molar-refractivity contribution is -0.161. The van der Waals surface area contributed by atoms with Gasteiger partial charge >= 0.3 is 12.4 Å². The Bertz CT molecular complexity index is 778. The molecule has 30 heavy (non-hydrogen) atoms. The number of hydrogen-bond donors (Lipinski definition) is 0. The normalized spacial score (nSPS) is 41.7. The number of alkyl halides is 10. The van der Waals surface area contributed by atoms with Gasteiger partial charge in [0.25, 0.3) is 5.92 Å². The maximum Gasteiger partial charge on any atom is 0.416 e. The zero-order valence-electron chi connectivity index (χ0n) is 16.0. The number of rotatable bonds is 2. The van der Waals surface area contributed by atoms with E-state index in [1.165, 1.54) is 0 Å². The first-order valence-corrected chi connectivity index (χ1v) is 9.41. The maximum absolute atomic E-state index is 15.5. The molecule has 0 aromatic rings. The summed E-state index contributed by atoms with van der Waals surface area (Å²) in [6.07, 6.45) is -7.93. The Kier molecular flexibility index (Phi) is 5.22. The lowest BCUT2D eigenvalue weighted by Crippen LogP contribution is -2.51. The van der Waals surface area contributed by atoms with Crippen LogP contribution >= 0.6 is 0 Å². The molecule has 3 rings (SSSR count). The van der Waals surface area contributed by atoms with Gasteiger partial charge in [0.2, 0.25) is 5.67 Å². The van der Waals surface area contributed by atoms with Gasteiger partial charge in [-0.3, -0.25) is 0 Å². The fourth-order valence-electron chi connectivity index (χ4n) is 4.96. The van der Waals surface area contributed by atoms with E-state index in [2.05, 4.69) is 0 Å². The minimum atomic E-state index is -4.69. The molecule has 0 radical (unpaired) electrons. The predicted molar refractivity (Wildman–Crippen MR) is 89.2 cm³/mol. The van der Waals surface area contributed by atoms with Crippen LogP contribution in [0, 0.1) is 23.7 Å². The molecule has 0 nitrogen and oxygen atoms in total. The molecule has 170 valence electrons. The van der Waals surface area contributed by atoms with Crippen molar-refractivity contribution >= 4 is 0 Å². The molecule has 0 N–H and O–H groups in total. The zero-order valence-corrected chi connectivity index (χ0v) is 16.0. The van der Waals surface area contributed by atoms with Crippen LogP contribution < -0.4 is 0 Å². The largest absolute Gasteiger partial charge is 0.416 e. The van der Waals surface area contributed by atoms with Crippen molar-refractivity contribution in [3.8, 4) is 0 Å². The molecule has 0 heterocycles. The molecule has 10 heteroatoms. The van der Waals surface area contributed by atoms with E-state index in [4.69, 9.17) is 0 Å². The van der Waals surface area contributed by atoms with Gasteiger partial charge in [-0.15, -0.1) is 0 Å². The first-order valence-electron chi connectivity index (χ1n) is 9.41. The number of hydrogen-bond acceptors (Lipinski definition) is 0. The molecule has 6 atom stereocenters. The van der Waals surface area contributed by atoms with Crippen LogP contribution in [-0.4, -0.2) is 29.6 Å². The van der Waals surface area contributed by atoms with E-state index in [-0.39, 0.29) is 0 Å². The Balaban J connectivity index is 2.04. The summed E-state index contributed by atoms with van der Waals surface area (Å²) in [7, 11) is 0. The van der Waals surface area contributed by atoms with Gasteiger partial charge in [-0.1, -0.05) is 29.9 Å². The van der Waals surface area contributed by atoms with E-state index in [1.807, 2.05) is 0 Å². The molecule has 0 amide bonds. The third kappa shape index (κ3) is 3.38. The summed E-state index contributed by atoms with van der Waals surface area (Å²) in [6.45, 7) is 0.972.